The highest BCUT2D eigenvalue weighted by Gasteiger charge is 2.34. The lowest BCUT2D eigenvalue weighted by atomic mass is 9.79. The first-order valence-electron chi connectivity index (χ1n) is 8.33. The molecular formula is C17H26N2O2S. The van der Waals surface area contributed by atoms with Gasteiger partial charge in [-0.15, -0.1) is 11.3 Å². The molecule has 4 nitrogen and oxygen atoms in total. The van der Waals surface area contributed by atoms with Crippen molar-refractivity contribution in [3.63, 3.8) is 0 Å². The third-order valence-electron chi connectivity index (χ3n) is 5.11. The number of carbonyl (C=O) groups excluding carboxylic acids is 1. The smallest absolute Gasteiger partial charge is 0.264 e. The van der Waals surface area contributed by atoms with Crippen LogP contribution in [0.3, 0.4) is 0 Å². The Labute approximate surface area is 136 Å². The van der Waals surface area contributed by atoms with Crippen molar-refractivity contribution in [3.05, 3.63) is 22.4 Å². The fourth-order valence-electron chi connectivity index (χ4n) is 3.54. The molecule has 3 rings (SSSR count). The van der Waals surface area contributed by atoms with Crippen LogP contribution in [-0.2, 0) is 0 Å². The van der Waals surface area contributed by atoms with Gasteiger partial charge in [0.25, 0.3) is 5.91 Å². The topological polar surface area (TPSA) is 43.8 Å². The van der Waals surface area contributed by atoms with Crippen molar-refractivity contribution in [1.29, 1.82) is 0 Å². The molecule has 122 valence electrons. The predicted octanol–water partition coefficient (Wildman–Crippen LogP) is 2.45. The summed E-state index contributed by atoms with van der Waals surface area (Å²) in [6.07, 6.45) is 4.10. The lowest BCUT2D eigenvalue weighted by molar-refractivity contribution is -0.0418. The maximum Gasteiger partial charge on any atom is 0.264 e. The molecule has 2 aliphatic rings. The Bertz CT molecular complexity index is 487. The van der Waals surface area contributed by atoms with E-state index in [1.807, 2.05) is 22.4 Å². The molecule has 1 aliphatic heterocycles. The molecule has 1 aromatic rings. The van der Waals surface area contributed by atoms with Gasteiger partial charge in [-0.1, -0.05) is 13.0 Å². The van der Waals surface area contributed by atoms with E-state index in [1.54, 1.807) is 0 Å². The van der Waals surface area contributed by atoms with Gasteiger partial charge in [-0.2, -0.15) is 0 Å². The minimum absolute atomic E-state index is 0.153. The average molecular weight is 322 g/mol. The molecule has 0 radical (unpaired) electrons. The second-order valence-electron chi connectivity index (χ2n) is 6.95. The molecule has 1 amide bonds. The molecule has 1 aliphatic carbocycles. The van der Waals surface area contributed by atoms with Crippen molar-refractivity contribution in [2.75, 3.05) is 32.7 Å². The van der Waals surface area contributed by atoms with E-state index in [-0.39, 0.29) is 5.91 Å². The quantitative estimate of drug-likeness (QED) is 0.929. The fraction of sp³-hybridized carbons (Fsp3) is 0.706. The second-order valence-corrected chi connectivity index (χ2v) is 7.90. The molecule has 22 heavy (non-hydrogen) atoms. The molecule has 0 bridgehead atoms. The second kappa shape index (κ2) is 6.69. The molecule has 0 spiro atoms. The van der Waals surface area contributed by atoms with Crippen LogP contribution in [0.25, 0.3) is 0 Å². The van der Waals surface area contributed by atoms with E-state index in [4.69, 9.17) is 0 Å². The van der Waals surface area contributed by atoms with E-state index >= 15 is 0 Å². The SMILES string of the molecule is CC1CCC(O)(CN2CCN(C(=O)c3cccs3)CC2)CC1. The van der Waals surface area contributed by atoms with E-state index in [0.717, 1.165) is 69.2 Å². The highest BCUT2D eigenvalue weighted by Crippen LogP contribution is 2.32. The summed E-state index contributed by atoms with van der Waals surface area (Å²) in [5.74, 6) is 0.903. The van der Waals surface area contributed by atoms with Gasteiger partial charge in [-0.3, -0.25) is 9.69 Å². The molecule has 2 heterocycles. The number of hydrogen-bond donors (Lipinski definition) is 1. The van der Waals surface area contributed by atoms with Crippen molar-refractivity contribution in [2.45, 2.75) is 38.2 Å². The summed E-state index contributed by atoms with van der Waals surface area (Å²) >= 11 is 1.51. The standard InChI is InChI=1S/C17H26N2O2S/c1-14-4-6-17(21,7-5-14)13-18-8-10-19(11-9-18)16(20)15-3-2-12-22-15/h2-3,12,14,21H,4-11,13H2,1H3. The normalized spacial score (nSPS) is 30.5. The van der Waals surface area contributed by atoms with E-state index in [2.05, 4.69) is 11.8 Å². The Hall–Kier alpha value is -0.910. The average Bonchev–Trinajstić information content (AvgIpc) is 3.05. The van der Waals surface area contributed by atoms with Gasteiger partial charge < -0.3 is 10.0 Å². The highest BCUT2D eigenvalue weighted by molar-refractivity contribution is 7.12. The van der Waals surface area contributed by atoms with Crippen LogP contribution in [-0.4, -0.2) is 59.1 Å². The van der Waals surface area contributed by atoms with Crippen LogP contribution in [0, 0.1) is 5.92 Å². The molecule has 1 saturated heterocycles. The molecule has 0 atom stereocenters. The van der Waals surface area contributed by atoms with Crippen LogP contribution in [0.15, 0.2) is 17.5 Å². The first-order valence-corrected chi connectivity index (χ1v) is 9.21. The summed E-state index contributed by atoms with van der Waals surface area (Å²) in [4.78, 5) is 17.4. The van der Waals surface area contributed by atoms with Crippen LogP contribution >= 0.6 is 11.3 Å². The monoisotopic (exact) mass is 322 g/mol. The number of hydrogen-bond acceptors (Lipinski definition) is 4. The van der Waals surface area contributed by atoms with E-state index in [0.29, 0.717) is 0 Å². The van der Waals surface area contributed by atoms with Crippen molar-refractivity contribution >= 4 is 17.2 Å². The number of rotatable bonds is 3. The molecule has 1 N–H and O–H groups in total. The van der Waals surface area contributed by atoms with Crippen LogP contribution in [0.4, 0.5) is 0 Å². The largest absolute Gasteiger partial charge is 0.389 e. The molecule has 5 heteroatoms. The number of piperazine rings is 1. The number of carbonyl (C=O) groups is 1. The summed E-state index contributed by atoms with van der Waals surface area (Å²) in [6.45, 7) is 6.31. The van der Waals surface area contributed by atoms with E-state index < -0.39 is 5.60 Å². The third-order valence-corrected chi connectivity index (χ3v) is 5.97. The Morgan fingerprint density at radius 3 is 2.59 bits per heavy atom. The van der Waals surface area contributed by atoms with Gasteiger partial charge in [0.05, 0.1) is 10.5 Å². The molecule has 1 aromatic heterocycles. The van der Waals surface area contributed by atoms with Gasteiger partial charge >= 0.3 is 0 Å². The van der Waals surface area contributed by atoms with E-state index in [9.17, 15) is 9.90 Å². The lowest BCUT2D eigenvalue weighted by Gasteiger charge is -2.42. The number of β-amino-alcohol motifs (C(OH)–C–C–N with tert-alkyl or cyclic N) is 1. The van der Waals surface area contributed by atoms with Crippen LogP contribution in [0.2, 0.25) is 0 Å². The number of aliphatic hydroxyl groups is 1. The summed E-state index contributed by atoms with van der Waals surface area (Å²) in [5, 5.41) is 12.7. The van der Waals surface area contributed by atoms with Gasteiger partial charge in [0, 0.05) is 32.7 Å². The Balaban J connectivity index is 1.49. The van der Waals surface area contributed by atoms with Crippen molar-refractivity contribution < 1.29 is 9.90 Å². The van der Waals surface area contributed by atoms with Crippen LogP contribution in [0.5, 0.6) is 0 Å². The fourth-order valence-corrected chi connectivity index (χ4v) is 4.23. The predicted molar refractivity (Wildman–Crippen MR) is 89.2 cm³/mol. The highest BCUT2D eigenvalue weighted by atomic mass is 32.1. The van der Waals surface area contributed by atoms with E-state index in [1.165, 1.54) is 11.3 Å². The van der Waals surface area contributed by atoms with Gasteiger partial charge in [0.2, 0.25) is 0 Å². The number of thiophene rings is 1. The molecule has 2 fully saturated rings. The van der Waals surface area contributed by atoms with Gasteiger partial charge in [-0.05, 0) is 43.0 Å². The minimum atomic E-state index is -0.507. The summed E-state index contributed by atoms with van der Waals surface area (Å²) in [6, 6.07) is 3.82. The summed E-state index contributed by atoms with van der Waals surface area (Å²) in [5.41, 5.74) is -0.507. The van der Waals surface area contributed by atoms with Gasteiger partial charge in [0.1, 0.15) is 0 Å². The zero-order valence-electron chi connectivity index (χ0n) is 13.3. The Morgan fingerprint density at radius 2 is 2.00 bits per heavy atom. The molecular weight excluding hydrogens is 296 g/mol. The zero-order chi connectivity index (χ0) is 15.6. The lowest BCUT2D eigenvalue weighted by Crippen LogP contribution is -2.53. The van der Waals surface area contributed by atoms with Crippen LogP contribution in [0.1, 0.15) is 42.3 Å². The van der Waals surface area contributed by atoms with Crippen molar-refractivity contribution in [1.82, 2.24) is 9.80 Å². The van der Waals surface area contributed by atoms with Gasteiger partial charge in [0.15, 0.2) is 0 Å². The first-order chi connectivity index (χ1) is 10.6. The molecule has 0 unspecified atom stereocenters. The molecule has 0 aromatic carbocycles. The number of amides is 1. The summed E-state index contributed by atoms with van der Waals surface area (Å²) < 4.78 is 0. The maximum absolute atomic E-state index is 12.3. The minimum Gasteiger partial charge on any atom is -0.389 e. The van der Waals surface area contributed by atoms with Gasteiger partial charge in [-0.25, -0.2) is 0 Å². The third kappa shape index (κ3) is 3.70. The van der Waals surface area contributed by atoms with Crippen molar-refractivity contribution in [3.8, 4) is 0 Å². The molecule has 1 saturated carbocycles. The summed E-state index contributed by atoms with van der Waals surface area (Å²) in [7, 11) is 0. The Kier molecular flexibility index (Phi) is 4.85. The Morgan fingerprint density at radius 1 is 1.32 bits per heavy atom. The van der Waals surface area contributed by atoms with Crippen molar-refractivity contribution in [2.24, 2.45) is 5.92 Å². The van der Waals surface area contributed by atoms with Crippen LogP contribution < -0.4 is 0 Å². The maximum atomic E-state index is 12.3. The zero-order valence-corrected chi connectivity index (χ0v) is 14.1. The first kappa shape index (κ1) is 16.0. The number of nitrogens with zero attached hydrogens (tertiary/aromatic N) is 2.